The van der Waals surface area contributed by atoms with E-state index in [1.165, 1.54) is 12.3 Å². The van der Waals surface area contributed by atoms with Gasteiger partial charge in [-0.25, -0.2) is 0 Å². The number of halogens is 1. The number of nitrogens with one attached hydrogen (secondary N) is 2. The summed E-state index contributed by atoms with van der Waals surface area (Å²) < 4.78 is 10.8. The molecule has 7 heteroatoms. The van der Waals surface area contributed by atoms with E-state index >= 15 is 0 Å². The predicted molar refractivity (Wildman–Crippen MR) is 115 cm³/mol. The summed E-state index contributed by atoms with van der Waals surface area (Å²) in [7, 11) is 0. The molecule has 0 saturated carbocycles. The molecule has 0 radical (unpaired) electrons. The second kappa shape index (κ2) is 10.3. The molecule has 30 heavy (non-hydrogen) atoms. The Hall–Kier alpha value is -3.51. The normalized spacial score (nSPS) is 11.1. The molecule has 2 N–H and O–H groups in total. The molecule has 2 amide bonds. The van der Waals surface area contributed by atoms with Gasteiger partial charge in [-0.1, -0.05) is 41.4 Å². The van der Waals surface area contributed by atoms with Crippen molar-refractivity contribution in [2.24, 2.45) is 0 Å². The molecular formula is C23H21ClN2O4. The van der Waals surface area contributed by atoms with Crippen LogP contribution in [0.25, 0.3) is 6.08 Å². The van der Waals surface area contributed by atoms with Crippen LogP contribution in [0.15, 0.2) is 77.0 Å². The molecule has 3 aromatic rings. The Balaban J connectivity index is 1.64. The van der Waals surface area contributed by atoms with Gasteiger partial charge in [0.05, 0.1) is 17.8 Å². The standard InChI is InChI=1S/C23H21ClN2O4/c1-16-6-4-7-17(14-16)22(27)26-20(15-18-8-5-12-29-18)23(28)25-11-13-30-21-10-3-2-9-19(21)24/h2-10,12,14-15H,11,13H2,1H3,(H,25,28)(H,26,27)/b20-15-. The van der Waals surface area contributed by atoms with Gasteiger partial charge in [-0.2, -0.15) is 0 Å². The Morgan fingerprint density at radius 3 is 2.67 bits per heavy atom. The molecule has 0 bridgehead atoms. The summed E-state index contributed by atoms with van der Waals surface area (Å²) in [5.41, 5.74) is 1.46. The van der Waals surface area contributed by atoms with Gasteiger partial charge in [0.15, 0.2) is 0 Å². The summed E-state index contributed by atoms with van der Waals surface area (Å²) in [6.45, 7) is 2.33. The van der Waals surface area contributed by atoms with Crippen molar-refractivity contribution in [2.45, 2.75) is 6.92 Å². The van der Waals surface area contributed by atoms with Gasteiger partial charge in [-0.3, -0.25) is 9.59 Å². The van der Waals surface area contributed by atoms with Gasteiger partial charge in [-0.15, -0.1) is 0 Å². The van der Waals surface area contributed by atoms with Gasteiger partial charge >= 0.3 is 0 Å². The van der Waals surface area contributed by atoms with Gasteiger partial charge in [0.1, 0.15) is 23.8 Å². The SMILES string of the molecule is Cc1cccc(C(=O)N/C(=C\c2ccco2)C(=O)NCCOc2ccccc2Cl)c1. The van der Waals surface area contributed by atoms with E-state index < -0.39 is 5.91 Å². The number of carbonyl (C=O) groups is 2. The average molecular weight is 425 g/mol. The van der Waals surface area contributed by atoms with E-state index in [1.54, 1.807) is 48.5 Å². The molecule has 0 fully saturated rings. The van der Waals surface area contributed by atoms with Crippen molar-refractivity contribution in [1.29, 1.82) is 0 Å². The van der Waals surface area contributed by atoms with Crippen LogP contribution in [-0.4, -0.2) is 25.0 Å². The number of benzene rings is 2. The highest BCUT2D eigenvalue weighted by atomic mass is 35.5. The van der Waals surface area contributed by atoms with Crippen molar-refractivity contribution in [3.05, 3.63) is 94.5 Å². The first-order valence-electron chi connectivity index (χ1n) is 9.31. The fourth-order valence-corrected chi connectivity index (χ4v) is 2.83. The van der Waals surface area contributed by atoms with Crippen LogP contribution in [-0.2, 0) is 4.79 Å². The van der Waals surface area contributed by atoms with Crippen molar-refractivity contribution >= 4 is 29.5 Å². The Morgan fingerprint density at radius 2 is 1.93 bits per heavy atom. The zero-order chi connectivity index (χ0) is 21.3. The van der Waals surface area contributed by atoms with Gasteiger partial charge in [-0.05, 0) is 43.3 Å². The van der Waals surface area contributed by atoms with Crippen molar-refractivity contribution in [1.82, 2.24) is 10.6 Å². The van der Waals surface area contributed by atoms with Crippen LogP contribution in [0.5, 0.6) is 5.75 Å². The minimum Gasteiger partial charge on any atom is -0.490 e. The number of aryl methyl sites for hydroxylation is 1. The molecule has 0 aliphatic rings. The topological polar surface area (TPSA) is 80.6 Å². The third kappa shape index (κ3) is 5.99. The van der Waals surface area contributed by atoms with Crippen molar-refractivity contribution in [2.75, 3.05) is 13.2 Å². The molecule has 2 aromatic carbocycles. The molecule has 3 rings (SSSR count). The van der Waals surface area contributed by atoms with E-state index in [0.717, 1.165) is 5.56 Å². The first-order valence-corrected chi connectivity index (χ1v) is 9.69. The molecule has 0 aliphatic carbocycles. The smallest absolute Gasteiger partial charge is 0.268 e. The van der Waals surface area contributed by atoms with E-state index in [4.69, 9.17) is 20.8 Å². The zero-order valence-electron chi connectivity index (χ0n) is 16.4. The van der Waals surface area contributed by atoms with Gasteiger partial charge < -0.3 is 19.8 Å². The highest BCUT2D eigenvalue weighted by Crippen LogP contribution is 2.22. The lowest BCUT2D eigenvalue weighted by Crippen LogP contribution is -2.36. The number of hydrogen-bond donors (Lipinski definition) is 2. The Bertz CT molecular complexity index is 1040. The zero-order valence-corrected chi connectivity index (χ0v) is 17.1. The van der Waals surface area contributed by atoms with E-state index in [9.17, 15) is 9.59 Å². The number of para-hydroxylation sites is 1. The quantitative estimate of drug-likeness (QED) is 0.419. The van der Waals surface area contributed by atoms with E-state index in [-0.39, 0.29) is 24.8 Å². The van der Waals surface area contributed by atoms with E-state index in [1.807, 2.05) is 19.1 Å². The maximum absolute atomic E-state index is 12.7. The lowest BCUT2D eigenvalue weighted by atomic mass is 10.1. The average Bonchev–Trinajstić information content (AvgIpc) is 3.25. The molecule has 1 aromatic heterocycles. The lowest BCUT2D eigenvalue weighted by molar-refractivity contribution is -0.117. The second-order valence-corrected chi connectivity index (χ2v) is 6.84. The molecule has 154 valence electrons. The molecule has 0 aliphatic heterocycles. The Morgan fingerprint density at radius 1 is 1.10 bits per heavy atom. The van der Waals surface area contributed by atoms with Crippen molar-refractivity contribution in [3.63, 3.8) is 0 Å². The number of ether oxygens (including phenoxy) is 1. The summed E-state index contributed by atoms with van der Waals surface area (Å²) in [5, 5.41) is 5.87. The molecule has 0 spiro atoms. The number of rotatable bonds is 8. The molecule has 1 heterocycles. The van der Waals surface area contributed by atoms with Crippen molar-refractivity contribution in [3.8, 4) is 5.75 Å². The minimum absolute atomic E-state index is 0.0641. The minimum atomic E-state index is -0.463. The predicted octanol–water partition coefficient (Wildman–Crippen LogP) is 4.21. The number of furan rings is 1. The van der Waals surface area contributed by atoms with Crippen molar-refractivity contribution < 1.29 is 18.7 Å². The number of carbonyl (C=O) groups excluding carboxylic acids is 2. The van der Waals surface area contributed by atoms with Crippen LogP contribution in [0, 0.1) is 6.92 Å². The molecular weight excluding hydrogens is 404 g/mol. The van der Waals surface area contributed by atoms with Gasteiger partial charge in [0, 0.05) is 11.6 Å². The summed E-state index contributed by atoms with van der Waals surface area (Å²) in [5.74, 6) is 0.124. The maximum Gasteiger partial charge on any atom is 0.268 e. The van der Waals surface area contributed by atoms with Gasteiger partial charge in [0.25, 0.3) is 11.8 Å². The third-order valence-electron chi connectivity index (χ3n) is 4.08. The van der Waals surface area contributed by atoms with Crippen LogP contribution < -0.4 is 15.4 Å². The summed E-state index contributed by atoms with van der Waals surface area (Å²) >= 11 is 6.04. The maximum atomic E-state index is 12.7. The number of amides is 2. The fraction of sp³-hybridized carbons (Fsp3) is 0.130. The second-order valence-electron chi connectivity index (χ2n) is 6.43. The highest BCUT2D eigenvalue weighted by Gasteiger charge is 2.15. The summed E-state index contributed by atoms with van der Waals surface area (Å²) in [4.78, 5) is 25.3. The molecule has 0 saturated heterocycles. The largest absolute Gasteiger partial charge is 0.490 e. The molecule has 0 unspecified atom stereocenters. The third-order valence-corrected chi connectivity index (χ3v) is 4.40. The monoisotopic (exact) mass is 424 g/mol. The summed E-state index contributed by atoms with van der Waals surface area (Å²) in [6, 6.07) is 17.6. The highest BCUT2D eigenvalue weighted by molar-refractivity contribution is 6.32. The molecule has 0 atom stereocenters. The Labute approximate surface area is 179 Å². The van der Waals surface area contributed by atoms with Crippen LogP contribution in [0.3, 0.4) is 0 Å². The first-order chi connectivity index (χ1) is 14.5. The summed E-state index contributed by atoms with van der Waals surface area (Å²) in [6.07, 6.45) is 2.96. The van der Waals surface area contributed by atoms with Crippen LogP contribution in [0.4, 0.5) is 0 Å². The Kier molecular flexibility index (Phi) is 7.29. The van der Waals surface area contributed by atoms with E-state index in [0.29, 0.717) is 22.1 Å². The van der Waals surface area contributed by atoms with Crippen LogP contribution >= 0.6 is 11.6 Å². The first kappa shape index (κ1) is 21.2. The lowest BCUT2D eigenvalue weighted by Gasteiger charge is -2.12. The van der Waals surface area contributed by atoms with E-state index in [2.05, 4.69) is 10.6 Å². The fourth-order valence-electron chi connectivity index (χ4n) is 2.64. The van der Waals surface area contributed by atoms with Gasteiger partial charge in [0.2, 0.25) is 0 Å². The van der Waals surface area contributed by atoms with Crippen LogP contribution in [0.1, 0.15) is 21.7 Å². The van der Waals surface area contributed by atoms with Crippen LogP contribution in [0.2, 0.25) is 5.02 Å². The number of hydrogen-bond acceptors (Lipinski definition) is 4. The molecule has 6 nitrogen and oxygen atoms in total.